The summed E-state index contributed by atoms with van der Waals surface area (Å²) in [5, 5.41) is 0. The summed E-state index contributed by atoms with van der Waals surface area (Å²) >= 11 is 0. The molecule has 0 unspecified atom stereocenters. The van der Waals surface area contributed by atoms with E-state index < -0.39 is 8.25 Å². The third-order valence-corrected chi connectivity index (χ3v) is 2.79. The predicted octanol–water partition coefficient (Wildman–Crippen LogP) is 3.75. The van der Waals surface area contributed by atoms with E-state index in [-0.39, 0.29) is 0 Å². The molecule has 0 spiro atoms. The smallest absolute Gasteiger partial charge is 0.311 e. The van der Waals surface area contributed by atoms with E-state index in [9.17, 15) is 4.57 Å². The summed E-state index contributed by atoms with van der Waals surface area (Å²) in [5.74, 6) is 0. The highest BCUT2D eigenvalue weighted by molar-refractivity contribution is 7.33. The normalized spacial score (nSPS) is 9.81. The number of rotatable bonds is 4. The molecule has 0 aliphatic heterocycles. The maximum atomic E-state index is 10.4. The maximum Gasteiger partial charge on any atom is 0.319 e. The Hall–Kier alpha value is -0.630. The zero-order valence-electron chi connectivity index (χ0n) is 10.4. The fourth-order valence-corrected chi connectivity index (χ4v) is 1.47. The van der Waals surface area contributed by atoms with Crippen molar-refractivity contribution in [3.05, 3.63) is 35.4 Å². The van der Waals surface area contributed by atoms with Crippen molar-refractivity contribution in [2.45, 2.75) is 27.7 Å². The average Bonchev–Trinajstić information content (AvgIpc) is 2.24. The van der Waals surface area contributed by atoms with Crippen molar-refractivity contribution in [1.29, 1.82) is 0 Å². The molecule has 16 heavy (non-hydrogen) atoms. The lowest BCUT2D eigenvalue weighted by molar-refractivity contribution is 0.243. The van der Waals surface area contributed by atoms with Gasteiger partial charge in [-0.2, -0.15) is 0 Å². The van der Waals surface area contributed by atoms with Crippen LogP contribution in [0.3, 0.4) is 0 Å². The van der Waals surface area contributed by atoms with Gasteiger partial charge in [0.05, 0.1) is 13.2 Å². The van der Waals surface area contributed by atoms with Gasteiger partial charge in [0.2, 0.25) is 0 Å². The van der Waals surface area contributed by atoms with Crippen LogP contribution in [0, 0.1) is 13.8 Å². The minimum absolute atomic E-state index is 0.456. The molecular formula is C12H21O3P. The molecule has 0 amide bonds. The van der Waals surface area contributed by atoms with Crippen molar-refractivity contribution in [3.63, 3.8) is 0 Å². The molecule has 92 valence electrons. The minimum atomic E-state index is -2.14. The van der Waals surface area contributed by atoms with Crippen LogP contribution in [0.4, 0.5) is 0 Å². The first kappa shape index (κ1) is 15.4. The van der Waals surface area contributed by atoms with Gasteiger partial charge in [0.15, 0.2) is 0 Å². The fraction of sp³-hybridized carbons (Fsp3) is 0.500. The molecule has 0 fully saturated rings. The minimum Gasteiger partial charge on any atom is -0.311 e. The van der Waals surface area contributed by atoms with Gasteiger partial charge in [0.25, 0.3) is 0 Å². The van der Waals surface area contributed by atoms with Crippen LogP contribution < -0.4 is 0 Å². The molecule has 0 atom stereocenters. The lowest BCUT2D eigenvalue weighted by atomic mass is 10.2. The lowest BCUT2D eigenvalue weighted by Crippen LogP contribution is -1.81. The molecule has 0 bridgehead atoms. The zero-order chi connectivity index (χ0) is 12.4. The highest BCUT2D eigenvalue weighted by Crippen LogP contribution is 2.21. The lowest BCUT2D eigenvalue weighted by Gasteiger charge is -1.97. The van der Waals surface area contributed by atoms with Gasteiger partial charge in [0, 0.05) is 0 Å². The second-order valence-electron chi connectivity index (χ2n) is 3.27. The van der Waals surface area contributed by atoms with Crippen molar-refractivity contribution in [2.75, 3.05) is 13.2 Å². The van der Waals surface area contributed by atoms with E-state index in [1.54, 1.807) is 13.8 Å². The Morgan fingerprint density at radius 1 is 0.938 bits per heavy atom. The van der Waals surface area contributed by atoms with Crippen LogP contribution in [0.25, 0.3) is 0 Å². The average molecular weight is 244 g/mol. The van der Waals surface area contributed by atoms with E-state index >= 15 is 0 Å². The third-order valence-electron chi connectivity index (χ3n) is 1.74. The van der Waals surface area contributed by atoms with Crippen LogP contribution in [0.1, 0.15) is 25.0 Å². The van der Waals surface area contributed by atoms with E-state index in [1.165, 1.54) is 11.1 Å². The Bertz CT molecular complexity index is 267. The predicted molar refractivity (Wildman–Crippen MR) is 68.2 cm³/mol. The molecule has 0 saturated carbocycles. The monoisotopic (exact) mass is 244 g/mol. The number of aryl methyl sites for hydroxylation is 2. The van der Waals surface area contributed by atoms with Crippen molar-refractivity contribution in [2.24, 2.45) is 0 Å². The highest BCUT2D eigenvalue weighted by Gasteiger charge is 1.91. The summed E-state index contributed by atoms with van der Waals surface area (Å²) in [6.45, 7) is 8.66. The molecule has 0 aliphatic carbocycles. The molecule has 1 aromatic carbocycles. The second kappa shape index (κ2) is 9.59. The first-order chi connectivity index (χ1) is 7.60. The summed E-state index contributed by atoms with van der Waals surface area (Å²) in [5.41, 5.74) is 2.66. The molecular weight excluding hydrogens is 223 g/mol. The highest BCUT2D eigenvalue weighted by atomic mass is 31.1. The molecule has 3 nitrogen and oxygen atoms in total. The van der Waals surface area contributed by atoms with Gasteiger partial charge in [0.1, 0.15) is 0 Å². The number of hydrogen-bond donors (Lipinski definition) is 0. The van der Waals surface area contributed by atoms with Gasteiger partial charge in [-0.25, -0.2) is 0 Å². The molecule has 0 radical (unpaired) electrons. The SMILES string of the molecule is CCO[PH](=O)OCC.Cc1ccc(C)cc1. The van der Waals surface area contributed by atoms with Crippen LogP contribution >= 0.6 is 8.25 Å². The summed E-state index contributed by atoms with van der Waals surface area (Å²) < 4.78 is 19.6. The van der Waals surface area contributed by atoms with Crippen LogP contribution in [0.2, 0.25) is 0 Å². The molecule has 0 N–H and O–H groups in total. The standard InChI is InChI=1S/C8H10.C4H11O3P/c1-7-3-5-8(2)6-4-7;1-3-6-8(5)7-4-2/h3-6H,1-2H3;8H,3-4H2,1-2H3. The Kier molecular flexibility index (Phi) is 9.21. The second-order valence-corrected chi connectivity index (χ2v) is 4.35. The van der Waals surface area contributed by atoms with Crippen molar-refractivity contribution in [3.8, 4) is 0 Å². The van der Waals surface area contributed by atoms with E-state index in [4.69, 9.17) is 0 Å². The quantitative estimate of drug-likeness (QED) is 0.756. The fourth-order valence-electron chi connectivity index (χ4n) is 0.914. The number of benzene rings is 1. The van der Waals surface area contributed by atoms with Gasteiger partial charge in [-0.1, -0.05) is 35.4 Å². The van der Waals surface area contributed by atoms with Gasteiger partial charge in [-0.3, -0.25) is 4.57 Å². The summed E-state index contributed by atoms with van der Waals surface area (Å²) in [6.07, 6.45) is 0. The molecule has 4 heteroatoms. The van der Waals surface area contributed by atoms with Crippen LogP contribution in [-0.2, 0) is 13.6 Å². The Labute approximate surface area is 98.7 Å². The van der Waals surface area contributed by atoms with E-state index in [1.807, 2.05) is 0 Å². The summed E-state index contributed by atoms with van der Waals surface area (Å²) in [4.78, 5) is 0. The Balaban J connectivity index is 0.000000281. The van der Waals surface area contributed by atoms with Crippen LogP contribution in [0.5, 0.6) is 0 Å². The molecule has 1 rings (SSSR count). The largest absolute Gasteiger partial charge is 0.319 e. The zero-order valence-corrected chi connectivity index (χ0v) is 11.4. The Morgan fingerprint density at radius 2 is 1.25 bits per heavy atom. The van der Waals surface area contributed by atoms with E-state index in [0.717, 1.165) is 0 Å². The molecule has 0 saturated heterocycles. The van der Waals surface area contributed by atoms with Gasteiger partial charge in [-0.15, -0.1) is 0 Å². The topological polar surface area (TPSA) is 35.5 Å². The molecule has 0 aromatic heterocycles. The van der Waals surface area contributed by atoms with Gasteiger partial charge < -0.3 is 9.05 Å². The van der Waals surface area contributed by atoms with Crippen LogP contribution in [-0.4, -0.2) is 13.2 Å². The summed E-state index contributed by atoms with van der Waals surface area (Å²) in [6, 6.07) is 8.48. The summed E-state index contributed by atoms with van der Waals surface area (Å²) in [7, 11) is -2.14. The molecule has 0 heterocycles. The van der Waals surface area contributed by atoms with E-state index in [2.05, 4.69) is 47.2 Å². The van der Waals surface area contributed by atoms with Gasteiger partial charge in [-0.05, 0) is 27.7 Å². The first-order valence-electron chi connectivity index (χ1n) is 5.43. The third kappa shape index (κ3) is 8.66. The van der Waals surface area contributed by atoms with E-state index in [0.29, 0.717) is 13.2 Å². The van der Waals surface area contributed by atoms with Crippen LogP contribution in [0.15, 0.2) is 24.3 Å². The van der Waals surface area contributed by atoms with Crippen molar-refractivity contribution < 1.29 is 13.6 Å². The first-order valence-corrected chi connectivity index (χ1v) is 6.65. The van der Waals surface area contributed by atoms with Crippen molar-refractivity contribution >= 4 is 8.25 Å². The molecule has 1 aromatic rings. The maximum absolute atomic E-state index is 10.4. The van der Waals surface area contributed by atoms with Crippen molar-refractivity contribution in [1.82, 2.24) is 0 Å². The Morgan fingerprint density at radius 3 is 1.50 bits per heavy atom. The number of hydrogen-bond acceptors (Lipinski definition) is 3. The van der Waals surface area contributed by atoms with Gasteiger partial charge >= 0.3 is 8.25 Å². The molecule has 0 aliphatic rings.